The van der Waals surface area contributed by atoms with Crippen molar-refractivity contribution in [1.82, 2.24) is 0 Å². The highest BCUT2D eigenvalue weighted by Gasteiger charge is 2.19. The molecule has 0 spiro atoms. The molecule has 0 aliphatic heterocycles. The van der Waals surface area contributed by atoms with Crippen LogP contribution in [0.5, 0.6) is 0 Å². The molecule has 0 bridgehead atoms. The van der Waals surface area contributed by atoms with Gasteiger partial charge in [-0.1, -0.05) is 311 Å². The number of carbonyl (C=O) groups excluding carboxylic acids is 3. The van der Waals surface area contributed by atoms with Crippen LogP contribution < -0.4 is 0 Å². The van der Waals surface area contributed by atoms with E-state index in [1.54, 1.807) is 0 Å². The number of rotatable bonds is 65. The quantitative estimate of drug-likeness (QED) is 0.0261. The largest absolute Gasteiger partial charge is 0.462 e. The molecule has 0 N–H and O–H groups in total. The number of hydrogen-bond acceptors (Lipinski definition) is 6. The zero-order chi connectivity index (χ0) is 59.9. The third-order valence-corrected chi connectivity index (χ3v) is 15.5. The van der Waals surface area contributed by atoms with Crippen molar-refractivity contribution in [2.24, 2.45) is 0 Å². The van der Waals surface area contributed by atoms with Gasteiger partial charge in [0.25, 0.3) is 0 Å². The van der Waals surface area contributed by atoms with Crippen LogP contribution in [-0.2, 0) is 28.6 Å². The summed E-state index contributed by atoms with van der Waals surface area (Å²) in [6.45, 7) is 6.54. The number of allylic oxidation sites excluding steroid dienone is 16. The summed E-state index contributed by atoms with van der Waals surface area (Å²) in [6, 6.07) is 0. The molecule has 6 heteroatoms. The molecule has 0 saturated heterocycles. The predicted molar refractivity (Wildman–Crippen MR) is 362 cm³/mol. The molecule has 0 amide bonds. The average Bonchev–Trinajstić information content (AvgIpc) is 3.49. The van der Waals surface area contributed by atoms with Gasteiger partial charge >= 0.3 is 17.9 Å². The Morgan fingerprint density at radius 1 is 0.253 bits per heavy atom. The van der Waals surface area contributed by atoms with E-state index in [-0.39, 0.29) is 31.1 Å². The first kappa shape index (κ1) is 79.3. The lowest BCUT2D eigenvalue weighted by Crippen LogP contribution is -2.30. The Labute approximate surface area is 515 Å². The lowest BCUT2D eigenvalue weighted by molar-refractivity contribution is -0.167. The van der Waals surface area contributed by atoms with Crippen molar-refractivity contribution in [3.63, 3.8) is 0 Å². The minimum absolute atomic E-state index is 0.0829. The molecule has 0 aromatic heterocycles. The molecule has 478 valence electrons. The first-order valence-electron chi connectivity index (χ1n) is 35.7. The summed E-state index contributed by atoms with van der Waals surface area (Å²) in [4.78, 5) is 38.5. The molecule has 1 atom stereocenters. The summed E-state index contributed by atoms with van der Waals surface area (Å²) in [5.74, 6) is -0.887. The Morgan fingerprint density at radius 3 is 0.747 bits per heavy atom. The van der Waals surface area contributed by atoms with Crippen LogP contribution in [0.25, 0.3) is 0 Å². The van der Waals surface area contributed by atoms with E-state index in [2.05, 4.69) is 118 Å². The van der Waals surface area contributed by atoms with E-state index < -0.39 is 6.10 Å². The van der Waals surface area contributed by atoms with Crippen LogP contribution in [0.15, 0.2) is 97.2 Å². The number of ether oxygens (including phenoxy) is 3. The molecule has 0 aromatic rings. The number of esters is 3. The summed E-state index contributed by atoms with van der Waals surface area (Å²) in [7, 11) is 0. The summed E-state index contributed by atoms with van der Waals surface area (Å²) in [5, 5.41) is 0. The topological polar surface area (TPSA) is 78.9 Å². The van der Waals surface area contributed by atoms with Gasteiger partial charge in [0.2, 0.25) is 0 Å². The van der Waals surface area contributed by atoms with Crippen LogP contribution >= 0.6 is 0 Å². The molecular weight excluding hydrogens is 1020 g/mol. The lowest BCUT2D eigenvalue weighted by Gasteiger charge is -2.18. The zero-order valence-corrected chi connectivity index (χ0v) is 54.9. The van der Waals surface area contributed by atoms with Crippen LogP contribution in [0.2, 0.25) is 0 Å². The third kappa shape index (κ3) is 69.0. The van der Waals surface area contributed by atoms with E-state index in [1.807, 2.05) is 0 Å². The van der Waals surface area contributed by atoms with Gasteiger partial charge in [-0.05, 0) is 122 Å². The van der Waals surface area contributed by atoms with Crippen molar-refractivity contribution in [1.29, 1.82) is 0 Å². The number of unbranched alkanes of at least 4 members (excludes halogenated alkanes) is 38. The van der Waals surface area contributed by atoms with Gasteiger partial charge in [-0.25, -0.2) is 0 Å². The standard InChI is InChI=1S/C77H134O6/c1-4-7-10-13-16-19-22-25-28-30-32-34-35-36-37-38-39-40-41-43-44-46-49-52-55-58-61-64-67-70-76(79)82-73-74(72-81-75(78)69-66-63-60-57-54-51-48-27-24-21-18-15-12-9-6-3)83-77(80)71-68-65-62-59-56-53-50-47-45-42-33-31-29-26-23-20-17-14-11-8-5-2/h7,10,16,19,23,25-28,31-34,45,47-48,74H,4-6,8-9,11-15,17-18,20-22,24,29-30,35-44,46,49-73H2,1-3H3/b10-7-,19-16-,26-23-,28-25-,33-31-,34-32-,47-45-,48-27-. The van der Waals surface area contributed by atoms with Crippen LogP contribution in [0, 0.1) is 0 Å². The van der Waals surface area contributed by atoms with E-state index in [4.69, 9.17) is 14.2 Å². The van der Waals surface area contributed by atoms with Crippen molar-refractivity contribution in [2.75, 3.05) is 13.2 Å². The SMILES string of the molecule is CC/C=C\C/C=C\C/C=C\C/C=C\CCCCCCCCCCCCCCCCCCC(=O)OCC(COC(=O)CCCCCCC/C=C\CCCCCCCC)OC(=O)CCCCCCCC/C=C\C/C=C\C/C=C\CCCCCCC. The molecule has 0 aliphatic carbocycles. The minimum atomic E-state index is -0.789. The maximum Gasteiger partial charge on any atom is 0.306 e. The molecule has 0 rings (SSSR count). The second-order valence-electron chi connectivity index (χ2n) is 23.8. The maximum atomic E-state index is 13.0. The summed E-state index contributed by atoms with van der Waals surface area (Å²) >= 11 is 0. The van der Waals surface area contributed by atoms with Crippen LogP contribution in [-0.4, -0.2) is 37.2 Å². The molecule has 6 nitrogen and oxygen atoms in total. The summed E-state index contributed by atoms with van der Waals surface area (Å²) in [5.41, 5.74) is 0. The van der Waals surface area contributed by atoms with Gasteiger partial charge in [-0.3, -0.25) is 14.4 Å². The van der Waals surface area contributed by atoms with Gasteiger partial charge < -0.3 is 14.2 Å². The second-order valence-corrected chi connectivity index (χ2v) is 23.8. The fourth-order valence-corrected chi connectivity index (χ4v) is 10.2. The van der Waals surface area contributed by atoms with Gasteiger partial charge in [0.05, 0.1) is 0 Å². The second kappa shape index (κ2) is 70.8. The van der Waals surface area contributed by atoms with Gasteiger partial charge in [-0.15, -0.1) is 0 Å². The Morgan fingerprint density at radius 2 is 0.470 bits per heavy atom. The van der Waals surface area contributed by atoms with Crippen LogP contribution in [0.1, 0.15) is 355 Å². The lowest BCUT2D eigenvalue weighted by atomic mass is 10.0. The highest BCUT2D eigenvalue weighted by atomic mass is 16.6. The van der Waals surface area contributed by atoms with E-state index in [0.717, 1.165) is 116 Å². The smallest absolute Gasteiger partial charge is 0.306 e. The van der Waals surface area contributed by atoms with Gasteiger partial charge in [0, 0.05) is 19.3 Å². The van der Waals surface area contributed by atoms with Gasteiger partial charge in [-0.2, -0.15) is 0 Å². The first-order chi connectivity index (χ1) is 41.0. The average molecular weight is 1160 g/mol. The molecule has 0 aromatic carbocycles. The zero-order valence-electron chi connectivity index (χ0n) is 54.9. The molecule has 0 radical (unpaired) electrons. The number of hydrogen-bond donors (Lipinski definition) is 0. The van der Waals surface area contributed by atoms with Crippen LogP contribution in [0.3, 0.4) is 0 Å². The molecule has 0 fully saturated rings. The van der Waals surface area contributed by atoms with E-state index >= 15 is 0 Å². The number of carbonyl (C=O) groups is 3. The van der Waals surface area contributed by atoms with E-state index in [9.17, 15) is 14.4 Å². The van der Waals surface area contributed by atoms with Crippen molar-refractivity contribution in [3.05, 3.63) is 97.2 Å². The van der Waals surface area contributed by atoms with Gasteiger partial charge in [0.1, 0.15) is 13.2 Å². The van der Waals surface area contributed by atoms with Crippen molar-refractivity contribution >= 4 is 17.9 Å². The van der Waals surface area contributed by atoms with Crippen LogP contribution in [0.4, 0.5) is 0 Å². The highest BCUT2D eigenvalue weighted by molar-refractivity contribution is 5.71. The molecule has 1 unspecified atom stereocenters. The highest BCUT2D eigenvalue weighted by Crippen LogP contribution is 2.17. The van der Waals surface area contributed by atoms with E-state index in [0.29, 0.717) is 19.3 Å². The normalized spacial score (nSPS) is 12.7. The third-order valence-electron chi connectivity index (χ3n) is 15.5. The molecule has 0 heterocycles. The fourth-order valence-electron chi connectivity index (χ4n) is 10.2. The maximum absolute atomic E-state index is 13.0. The Hall–Kier alpha value is -3.67. The molecule has 83 heavy (non-hydrogen) atoms. The Bertz CT molecular complexity index is 1610. The van der Waals surface area contributed by atoms with Crippen molar-refractivity contribution < 1.29 is 28.6 Å². The van der Waals surface area contributed by atoms with Gasteiger partial charge in [0.15, 0.2) is 6.10 Å². The molecule has 0 saturated carbocycles. The summed E-state index contributed by atoms with van der Waals surface area (Å²) in [6.07, 6.45) is 95.7. The molecular formula is C77H134O6. The minimum Gasteiger partial charge on any atom is -0.462 e. The first-order valence-corrected chi connectivity index (χ1v) is 35.7. The fraction of sp³-hybridized carbons (Fsp3) is 0.753. The Balaban J connectivity index is 4.30. The Kier molecular flexibility index (Phi) is 67.7. The predicted octanol–water partition coefficient (Wildman–Crippen LogP) is 24.8. The summed E-state index contributed by atoms with van der Waals surface area (Å²) < 4.78 is 17.0. The molecule has 0 aliphatic rings. The van der Waals surface area contributed by atoms with Crippen molar-refractivity contribution in [2.45, 2.75) is 361 Å². The van der Waals surface area contributed by atoms with E-state index in [1.165, 1.54) is 199 Å². The van der Waals surface area contributed by atoms with Crippen molar-refractivity contribution in [3.8, 4) is 0 Å². The monoisotopic (exact) mass is 1160 g/mol.